The average molecular weight is 365 g/mol. The Bertz CT molecular complexity index is 584. The first-order chi connectivity index (χ1) is 12.5. The van der Waals surface area contributed by atoms with Crippen molar-refractivity contribution in [1.82, 2.24) is 5.32 Å². The van der Waals surface area contributed by atoms with Crippen molar-refractivity contribution in [3.05, 3.63) is 36.4 Å². The van der Waals surface area contributed by atoms with Crippen LogP contribution in [0.4, 0.5) is 0 Å². The highest BCUT2D eigenvalue weighted by Gasteiger charge is 2.13. The number of nitrogens with one attached hydrogen (secondary N) is 1. The van der Waals surface area contributed by atoms with Crippen LogP contribution in [0.3, 0.4) is 0 Å². The second kappa shape index (κ2) is 11.9. The minimum absolute atomic E-state index is 0.696. The molecular formula is C19H27NO6. The van der Waals surface area contributed by atoms with E-state index in [1.54, 1.807) is 7.11 Å². The number of carbonyl (C=O) groups is 2. The molecule has 26 heavy (non-hydrogen) atoms. The van der Waals surface area contributed by atoms with Crippen LogP contribution in [0.5, 0.6) is 11.5 Å². The fourth-order valence-corrected chi connectivity index (χ4v) is 2.69. The minimum Gasteiger partial charge on any atom is -0.497 e. The van der Waals surface area contributed by atoms with E-state index in [-0.39, 0.29) is 0 Å². The van der Waals surface area contributed by atoms with E-state index < -0.39 is 11.9 Å². The molecule has 0 saturated heterocycles. The Morgan fingerprint density at radius 2 is 1.92 bits per heavy atom. The van der Waals surface area contributed by atoms with E-state index in [0.29, 0.717) is 12.6 Å². The fraction of sp³-hybridized carbons (Fsp3) is 0.474. The van der Waals surface area contributed by atoms with Crippen LogP contribution in [0.2, 0.25) is 0 Å². The second-order valence-corrected chi connectivity index (χ2v) is 5.86. The summed E-state index contributed by atoms with van der Waals surface area (Å²) in [6.45, 7) is 5.40. The van der Waals surface area contributed by atoms with Crippen molar-refractivity contribution in [2.75, 3.05) is 20.3 Å². The van der Waals surface area contributed by atoms with Gasteiger partial charge in [0.15, 0.2) is 0 Å². The van der Waals surface area contributed by atoms with Crippen LogP contribution in [0.1, 0.15) is 31.2 Å². The number of allylic oxidation sites excluding steroid dienone is 1. The Kier molecular flexibility index (Phi) is 9.86. The van der Waals surface area contributed by atoms with Crippen molar-refractivity contribution in [3.63, 3.8) is 0 Å². The van der Waals surface area contributed by atoms with Gasteiger partial charge in [0.25, 0.3) is 0 Å². The number of hydrogen-bond acceptors (Lipinski definition) is 5. The molecule has 1 aliphatic carbocycles. The molecule has 1 saturated carbocycles. The lowest BCUT2D eigenvalue weighted by Gasteiger charge is -2.14. The predicted molar refractivity (Wildman–Crippen MR) is 97.9 cm³/mol. The van der Waals surface area contributed by atoms with Crippen LogP contribution >= 0.6 is 0 Å². The van der Waals surface area contributed by atoms with Gasteiger partial charge in [0.05, 0.1) is 7.11 Å². The largest absolute Gasteiger partial charge is 0.497 e. The Hall–Kier alpha value is -2.54. The lowest BCUT2D eigenvalue weighted by atomic mass is 10.1. The maximum Gasteiger partial charge on any atom is 0.414 e. The summed E-state index contributed by atoms with van der Waals surface area (Å²) in [5.74, 6) is -1.86. The molecule has 1 aromatic carbocycles. The van der Waals surface area contributed by atoms with E-state index in [2.05, 4.69) is 11.9 Å². The van der Waals surface area contributed by atoms with E-state index >= 15 is 0 Å². The van der Waals surface area contributed by atoms with Crippen molar-refractivity contribution in [2.24, 2.45) is 0 Å². The third kappa shape index (κ3) is 8.02. The van der Waals surface area contributed by atoms with Gasteiger partial charge in [-0.15, -0.1) is 6.58 Å². The lowest BCUT2D eigenvalue weighted by molar-refractivity contribution is -0.159. The van der Waals surface area contributed by atoms with Gasteiger partial charge in [0, 0.05) is 18.2 Å². The van der Waals surface area contributed by atoms with Gasteiger partial charge < -0.3 is 25.0 Å². The number of hydrogen-bond donors (Lipinski definition) is 3. The van der Waals surface area contributed by atoms with Crippen molar-refractivity contribution in [1.29, 1.82) is 0 Å². The van der Waals surface area contributed by atoms with Gasteiger partial charge >= 0.3 is 11.9 Å². The Balaban J connectivity index is 0.000000487. The summed E-state index contributed by atoms with van der Waals surface area (Å²) in [5, 5.41) is 18.3. The molecule has 0 atom stereocenters. The first-order valence-corrected chi connectivity index (χ1v) is 8.58. The molecule has 0 amide bonds. The first-order valence-electron chi connectivity index (χ1n) is 8.58. The van der Waals surface area contributed by atoms with E-state index in [1.165, 1.54) is 25.7 Å². The van der Waals surface area contributed by atoms with E-state index in [4.69, 9.17) is 29.3 Å². The molecule has 3 N–H and O–H groups in total. The number of aliphatic carboxylic acids is 2. The zero-order valence-corrected chi connectivity index (χ0v) is 15.1. The van der Waals surface area contributed by atoms with Gasteiger partial charge in [-0.25, -0.2) is 9.59 Å². The second-order valence-electron chi connectivity index (χ2n) is 5.86. The molecule has 0 aromatic heterocycles. The molecule has 0 spiro atoms. The molecule has 7 nitrogen and oxygen atoms in total. The van der Waals surface area contributed by atoms with Gasteiger partial charge in [-0.05, 0) is 37.5 Å². The van der Waals surface area contributed by atoms with E-state index in [0.717, 1.165) is 30.0 Å². The van der Waals surface area contributed by atoms with Crippen molar-refractivity contribution < 1.29 is 29.3 Å². The van der Waals surface area contributed by atoms with Gasteiger partial charge in [-0.3, -0.25) is 0 Å². The van der Waals surface area contributed by atoms with Crippen molar-refractivity contribution in [2.45, 2.75) is 38.1 Å². The smallest absolute Gasteiger partial charge is 0.414 e. The Morgan fingerprint density at radius 3 is 2.46 bits per heavy atom. The summed E-state index contributed by atoms with van der Waals surface area (Å²) in [6.07, 6.45) is 8.02. The summed E-state index contributed by atoms with van der Waals surface area (Å²) < 4.78 is 11.1. The SMILES string of the molecule is C=CCc1cc(OC)ccc1OCCNC1CCCC1.O=C(O)C(=O)O. The van der Waals surface area contributed by atoms with Crippen LogP contribution in [0.15, 0.2) is 30.9 Å². The van der Waals surface area contributed by atoms with Crippen LogP contribution in [-0.4, -0.2) is 48.5 Å². The third-order valence-corrected chi connectivity index (χ3v) is 3.96. The number of benzene rings is 1. The Morgan fingerprint density at radius 1 is 1.27 bits per heavy atom. The van der Waals surface area contributed by atoms with Crippen LogP contribution in [-0.2, 0) is 16.0 Å². The summed E-state index contributed by atoms with van der Waals surface area (Å²) in [5.41, 5.74) is 1.13. The summed E-state index contributed by atoms with van der Waals surface area (Å²) in [7, 11) is 1.68. The highest BCUT2D eigenvalue weighted by Crippen LogP contribution is 2.25. The van der Waals surface area contributed by atoms with Crippen LogP contribution in [0, 0.1) is 0 Å². The number of methoxy groups -OCH3 is 1. The molecule has 1 aromatic rings. The standard InChI is InChI=1S/C17H25NO2.C2H2O4/c1-3-6-14-13-16(19-2)9-10-17(14)20-12-11-18-15-7-4-5-8-15;3-1(4)2(5)6/h3,9-10,13,15,18H,1,4-8,11-12H2,2H3;(H,3,4)(H,5,6). The quantitative estimate of drug-likeness (QED) is 0.369. The molecule has 0 heterocycles. The normalized spacial score (nSPS) is 13.4. The highest BCUT2D eigenvalue weighted by molar-refractivity contribution is 6.27. The summed E-state index contributed by atoms with van der Waals surface area (Å²) >= 11 is 0. The molecule has 1 fully saturated rings. The molecule has 0 aliphatic heterocycles. The monoisotopic (exact) mass is 365 g/mol. The highest BCUT2D eigenvalue weighted by atomic mass is 16.5. The lowest BCUT2D eigenvalue weighted by Crippen LogP contribution is -2.30. The summed E-state index contributed by atoms with van der Waals surface area (Å²) in [6, 6.07) is 6.63. The number of carboxylic acids is 2. The summed E-state index contributed by atoms with van der Waals surface area (Å²) in [4.78, 5) is 18.2. The predicted octanol–water partition coefficient (Wildman–Crippen LogP) is 2.49. The maximum absolute atomic E-state index is 9.10. The average Bonchev–Trinajstić information content (AvgIpc) is 3.13. The van der Waals surface area contributed by atoms with Gasteiger partial charge in [0.2, 0.25) is 0 Å². The van der Waals surface area contributed by atoms with E-state index in [1.807, 2.05) is 24.3 Å². The first kappa shape index (κ1) is 21.5. The maximum atomic E-state index is 9.10. The number of ether oxygens (including phenoxy) is 2. The molecule has 7 heteroatoms. The molecule has 0 unspecified atom stereocenters. The van der Waals surface area contributed by atoms with Gasteiger partial charge in [-0.2, -0.15) is 0 Å². The topological polar surface area (TPSA) is 105 Å². The van der Waals surface area contributed by atoms with Gasteiger partial charge in [-0.1, -0.05) is 18.9 Å². The fourth-order valence-electron chi connectivity index (χ4n) is 2.69. The van der Waals surface area contributed by atoms with Gasteiger partial charge in [0.1, 0.15) is 18.1 Å². The third-order valence-electron chi connectivity index (χ3n) is 3.96. The molecule has 144 valence electrons. The van der Waals surface area contributed by atoms with E-state index in [9.17, 15) is 0 Å². The number of carboxylic acid groups (broad SMARTS) is 2. The molecule has 0 radical (unpaired) electrons. The molecule has 1 aliphatic rings. The Labute approximate surface area is 153 Å². The minimum atomic E-state index is -1.82. The zero-order valence-electron chi connectivity index (χ0n) is 15.1. The molecule has 2 rings (SSSR count). The number of rotatable bonds is 8. The van der Waals surface area contributed by atoms with Crippen LogP contribution < -0.4 is 14.8 Å². The van der Waals surface area contributed by atoms with Crippen LogP contribution in [0.25, 0.3) is 0 Å². The molecule has 0 bridgehead atoms. The van der Waals surface area contributed by atoms with Crippen molar-refractivity contribution in [3.8, 4) is 11.5 Å². The zero-order chi connectivity index (χ0) is 19.4. The molecular weight excluding hydrogens is 338 g/mol. The van der Waals surface area contributed by atoms with Crippen molar-refractivity contribution >= 4 is 11.9 Å².